The van der Waals surface area contributed by atoms with E-state index in [-0.39, 0.29) is 11.9 Å². The summed E-state index contributed by atoms with van der Waals surface area (Å²) in [6, 6.07) is 21.5. The maximum Gasteiger partial charge on any atom is 0.252 e. The topological polar surface area (TPSA) is 69.7 Å². The van der Waals surface area contributed by atoms with Crippen LogP contribution in [0.3, 0.4) is 0 Å². The molecule has 34 heavy (non-hydrogen) atoms. The molecule has 1 unspecified atom stereocenters. The Bertz CT molecular complexity index is 1360. The Morgan fingerprint density at radius 3 is 2.35 bits per heavy atom. The van der Waals surface area contributed by atoms with Crippen molar-refractivity contribution < 1.29 is 19.0 Å². The number of methoxy groups -OCH3 is 3. The number of hydrogen-bond donors (Lipinski definition) is 1. The number of pyridine rings is 1. The Hall–Kier alpha value is -4.06. The Morgan fingerprint density at radius 1 is 0.912 bits per heavy atom. The van der Waals surface area contributed by atoms with Gasteiger partial charge in [-0.3, -0.25) is 4.79 Å². The second kappa shape index (κ2) is 9.06. The number of rotatable bonds is 6. The third kappa shape index (κ3) is 3.81. The molecule has 172 valence electrons. The smallest absolute Gasteiger partial charge is 0.252 e. The summed E-state index contributed by atoms with van der Waals surface area (Å²) in [7, 11) is 4.72. The van der Waals surface area contributed by atoms with Crippen LogP contribution in [0.2, 0.25) is 0 Å². The quantitative estimate of drug-likeness (QED) is 0.426. The van der Waals surface area contributed by atoms with E-state index in [0.29, 0.717) is 28.5 Å². The number of hydrogen-bond acceptors (Lipinski definition) is 5. The van der Waals surface area contributed by atoms with Gasteiger partial charge in [-0.05, 0) is 48.2 Å². The number of carbonyl (C=O) groups excluding carboxylic acids is 1. The summed E-state index contributed by atoms with van der Waals surface area (Å²) >= 11 is 0. The first-order valence-electron chi connectivity index (χ1n) is 11.2. The molecule has 0 bridgehead atoms. The molecule has 0 fully saturated rings. The molecule has 0 aliphatic heterocycles. The van der Waals surface area contributed by atoms with Crippen LogP contribution in [0, 0.1) is 0 Å². The third-order valence-electron chi connectivity index (χ3n) is 6.36. The van der Waals surface area contributed by atoms with Crippen LogP contribution < -0.4 is 19.5 Å². The molecule has 5 rings (SSSR count). The van der Waals surface area contributed by atoms with E-state index in [1.165, 1.54) is 11.1 Å². The molecule has 0 saturated carbocycles. The van der Waals surface area contributed by atoms with E-state index in [2.05, 4.69) is 17.4 Å². The molecular formula is C28H26N2O4. The Balaban J connectivity index is 1.58. The average molecular weight is 455 g/mol. The average Bonchev–Trinajstić information content (AvgIpc) is 3.29. The van der Waals surface area contributed by atoms with Gasteiger partial charge >= 0.3 is 0 Å². The highest BCUT2D eigenvalue weighted by atomic mass is 16.5. The largest absolute Gasteiger partial charge is 0.493 e. The fourth-order valence-electron chi connectivity index (χ4n) is 4.68. The van der Waals surface area contributed by atoms with Crippen molar-refractivity contribution >= 4 is 16.8 Å². The molecular weight excluding hydrogens is 428 g/mol. The van der Waals surface area contributed by atoms with E-state index in [4.69, 9.17) is 19.2 Å². The van der Waals surface area contributed by atoms with Crippen molar-refractivity contribution in [3.8, 4) is 28.5 Å². The predicted molar refractivity (Wildman–Crippen MR) is 132 cm³/mol. The zero-order valence-electron chi connectivity index (χ0n) is 19.4. The van der Waals surface area contributed by atoms with Crippen LogP contribution in [-0.4, -0.2) is 32.2 Å². The number of nitrogens with one attached hydrogen (secondary N) is 1. The van der Waals surface area contributed by atoms with E-state index in [1.807, 2.05) is 54.6 Å². The number of aryl methyl sites for hydroxylation is 1. The Morgan fingerprint density at radius 2 is 1.62 bits per heavy atom. The van der Waals surface area contributed by atoms with Crippen molar-refractivity contribution in [2.24, 2.45) is 0 Å². The van der Waals surface area contributed by atoms with Crippen molar-refractivity contribution in [3.63, 3.8) is 0 Å². The van der Waals surface area contributed by atoms with Gasteiger partial charge in [-0.2, -0.15) is 0 Å². The lowest BCUT2D eigenvalue weighted by Gasteiger charge is -2.17. The van der Waals surface area contributed by atoms with Gasteiger partial charge in [0.15, 0.2) is 11.5 Å². The Kier molecular flexibility index (Phi) is 5.80. The van der Waals surface area contributed by atoms with E-state index < -0.39 is 0 Å². The second-order valence-corrected chi connectivity index (χ2v) is 8.25. The van der Waals surface area contributed by atoms with Crippen molar-refractivity contribution in [1.82, 2.24) is 10.3 Å². The molecule has 0 spiro atoms. The fourth-order valence-corrected chi connectivity index (χ4v) is 4.68. The van der Waals surface area contributed by atoms with Crippen molar-refractivity contribution in [3.05, 3.63) is 83.4 Å². The molecule has 1 N–H and O–H groups in total. The summed E-state index contributed by atoms with van der Waals surface area (Å²) in [6.45, 7) is 0. The maximum absolute atomic E-state index is 13.5. The summed E-state index contributed by atoms with van der Waals surface area (Å²) < 4.78 is 16.5. The number of ether oxygens (including phenoxy) is 3. The monoisotopic (exact) mass is 454 g/mol. The zero-order valence-corrected chi connectivity index (χ0v) is 19.4. The summed E-state index contributed by atoms with van der Waals surface area (Å²) in [6.07, 6.45) is 1.86. The molecule has 6 heteroatoms. The van der Waals surface area contributed by atoms with Gasteiger partial charge < -0.3 is 19.5 Å². The first-order chi connectivity index (χ1) is 16.6. The first-order valence-corrected chi connectivity index (χ1v) is 11.2. The van der Waals surface area contributed by atoms with Crippen LogP contribution in [0.25, 0.3) is 22.2 Å². The van der Waals surface area contributed by atoms with Crippen LogP contribution in [0.1, 0.15) is 33.9 Å². The van der Waals surface area contributed by atoms with Gasteiger partial charge in [0.25, 0.3) is 5.91 Å². The van der Waals surface area contributed by atoms with Crippen molar-refractivity contribution in [2.75, 3.05) is 21.3 Å². The highest BCUT2D eigenvalue weighted by molar-refractivity contribution is 6.07. The summed E-state index contributed by atoms with van der Waals surface area (Å²) in [5.41, 5.74) is 5.23. The summed E-state index contributed by atoms with van der Waals surface area (Å²) in [5, 5.41) is 4.06. The highest BCUT2D eigenvalue weighted by Crippen LogP contribution is 2.41. The standard InChI is InChI=1S/C28H26N2O4/c1-32-25-14-18(15-26(33-2)27(25)34-3)24-16-21(20-10-6-7-11-22(20)29-24)28(31)30-23-13-12-17-8-4-5-9-19(17)23/h4-11,14-16,23H,12-13H2,1-3H3,(H,30,31). The van der Waals surface area contributed by atoms with E-state index in [0.717, 1.165) is 29.3 Å². The lowest BCUT2D eigenvalue weighted by atomic mass is 10.0. The number of amides is 1. The molecule has 1 aliphatic carbocycles. The number of nitrogens with zero attached hydrogens (tertiary/aromatic N) is 1. The van der Waals surface area contributed by atoms with Crippen LogP contribution in [-0.2, 0) is 6.42 Å². The molecule has 1 aliphatic rings. The van der Waals surface area contributed by atoms with Crippen LogP contribution in [0.5, 0.6) is 17.2 Å². The zero-order chi connectivity index (χ0) is 23.7. The fraction of sp³-hybridized carbons (Fsp3) is 0.214. The minimum absolute atomic E-state index is 0.000233. The van der Waals surface area contributed by atoms with Crippen molar-refractivity contribution in [2.45, 2.75) is 18.9 Å². The van der Waals surface area contributed by atoms with Gasteiger partial charge in [0.2, 0.25) is 5.75 Å². The van der Waals surface area contributed by atoms with Crippen LogP contribution in [0.15, 0.2) is 66.7 Å². The lowest BCUT2D eigenvalue weighted by Crippen LogP contribution is -2.27. The van der Waals surface area contributed by atoms with Gasteiger partial charge in [-0.25, -0.2) is 4.98 Å². The lowest BCUT2D eigenvalue weighted by molar-refractivity contribution is 0.0938. The maximum atomic E-state index is 13.5. The van der Waals surface area contributed by atoms with E-state index in [1.54, 1.807) is 21.3 Å². The number of fused-ring (bicyclic) bond motifs is 2. The number of para-hydroxylation sites is 1. The van der Waals surface area contributed by atoms with Crippen molar-refractivity contribution in [1.29, 1.82) is 0 Å². The molecule has 1 atom stereocenters. The van der Waals surface area contributed by atoms with Gasteiger partial charge in [-0.1, -0.05) is 42.5 Å². The van der Waals surface area contributed by atoms with E-state index in [9.17, 15) is 4.79 Å². The predicted octanol–water partition coefficient (Wildman–Crippen LogP) is 5.34. The normalized spacial score (nSPS) is 14.5. The first kappa shape index (κ1) is 21.8. The molecule has 3 aromatic carbocycles. The van der Waals surface area contributed by atoms with Gasteiger partial charge in [0.1, 0.15) is 0 Å². The second-order valence-electron chi connectivity index (χ2n) is 8.25. The number of aromatic nitrogens is 1. The molecule has 0 saturated heterocycles. The SMILES string of the molecule is COc1cc(-c2cc(C(=O)NC3CCc4ccccc43)c3ccccc3n2)cc(OC)c1OC. The molecule has 6 nitrogen and oxygen atoms in total. The molecule has 1 heterocycles. The van der Waals surface area contributed by atoms with Gasteiger partial charge in [-0.15, -0.1) is 0 Å². The minimum Gasteiger partial charge on any atom is -0.493 e. The summed E-state index contributed by atoms with van der Waals surface area (Å²) in [5.74, 6) is 1.45. The summed E-state index contributed by atoms with van der Waals surface area (Å²) in [4.78, 5) is 18.4. The van der Waals surface area contributed by atoms with Crippen LogP contribution >= 0.6 is 0 Å². The molecule has 1 amide bonds. The number of benzene rings is 3. The minimum atomic E-state index is -0.117. The van der Waals surface area contributed by atoms with Gasteiger partial charge in [0.05, 0.1) is 44.1 Å². The number of carbonyl (C=O) groups is 1. The van der Waals surface area contributed by atoms with Gasteiger partial charge in [0, 0.05) is 10.9 Å². The molecule has 1 aromatic heterocycles. The Labute approximate surface area is 198 Å². The third-order valence-corrected chi connectivity index (χ3v) is 6.36. The molecule has 0 radical (unpaired) electrons. The highest BCUT2D eigenvalue weighted by Gasteiger charge is 2.25. The molecule has 4 aromatic rings. The van der Waals surface area contributed by atoms with Crippen LogP contribution in [0.4, 0.5) is 0 Å². The van der Waals surface area contributed by atoms with E-state index >= 15 is 0 Å².